The molecule has 0 amide bonds. The molecule has 2 rings (SSSR count). The van der Waals surface area contributed by atoms with E-state index in [0.717, 1.165) is 17.0 Å². The fourth-order valence-corrected chi connectivity index (χ4v) is 5.35. The van der Waals surface area contributed by atoms with Crippen LogP contribution in [0, 0.1) is 12.8 Å². The van der Waals surface area contributed by atoms with Crippen LogP contribution < -0.4 is 5.32 Å². The fraction of sp³-hybridized carbons (Fsp3) is 0.692. The molecule has 0 bridgehead atoms. The predicted octanol–water partition coefficient (Wildman–Crippen LogP) is 2.20. The monoisotopic (exact) mass is 302 g/mol. The minimum absolute atomic E-state index is 0.484. The van der Waals surface area contributed by atoms with Crippen LogP contribution in [-0.2, 0) is 16.6 Å². The summed E-state index contributed by atoms with van der Waals surface area (Å²) >= 11 is 1.39. The van der Waals surface area contributed by atoms with Crippen molar-refractivity contribution >= 4 is 21.4 Å². The summed E-state index contributed by atoms with van der Waals surface area (Å²) in [5, 5.41) is 3.08. The standard InChI is InChI=1S/C13H22N2O2S2/c1-4-15(9-11-5-6-11)19(16,17)13-7-10(2)12(18-13)8-14-3/h7,11,14H,4-6,8-9H2,1-3H3. The van der Waals surface area contributed by atoms with Gasteiger partial charge in [0.05, 0.1) is 0 Å². The molecule has 6 heteroatoms. The molecule has 108 valence electrons. The van der Waals surface area contributed by atoms with Gasteiger partial charge in [0.15, 0.2) is 0 Å². The fourth-order valence-electron chi connectivity index (χ4n) is 2.06. The van der Waals surface area contributed by atoms with Crippen molar-refractivity contribution < 1.29 is 8.42 Å². The Balaban J connectivity index is 2.23. The number of nitrogens with zero attached hydrogens (tertiary/aromatic N) is 1. The van der Waals surface area contributed by atoms with Crippen molar-refractivity contribution in [1.82, 2.24) is 9.62 Å². The van der Waals surface area contributed by atoms with Crippen molar-refractivity contribution in [2.24, 2.45) is 5.92 Å². The molecule has 0 aliphatic heterocycles. The van der Waals surface area contributed by atoms with Gasteiger partial charge < -0.3 is 5.32 Å². The van der Waals surface area contributed by atoms with Gasteiger partial charge in [0, 0.05) is 24.5 Å². The van der Waals surface area contributed by atoms with Gasteiger partial charge in [0.2, 0.25) is 0 Å². The molecule has 1 fully saturated rings. The van der Waals surface area contributed by atoms with Gasteiger partial charge in [-0.15, -0.1) is 11.3 Å². The number of hydrogen-bond acceptors (Lipinski definition) is 4. The Labute approximate surface area is 119 Å². The normalized spacial score (nSPS) is 16.2. The molecule has 1 aromatic rings. The topological polar surface area (TPSA) is 49.4 Å². The maximum absolute atomic E-state index is 12.6. The van der Waals surface area contributed by atoms with Crippen molar-refractivity contribution in [3.63, 3.8) is 0 Å². The number of nitrogens with one attached hydrogen (secondary N) is 1. The molecule has 0 unspecified atom stereocenters. The van der Waals surface area contributed by atoms with Crippen LogP contribution in [0.25, 0.3) is 0 Å². The highest BCUT2D eigenvalue weighted by Gasteiger charge is 2.31. The summed E-state index contributed by atoms with van der Waals surface area (Å²) in [6.07, 6.45) is 2.33. The molecule has 19 heavy (non-hydrogen) atoms. The highest BCUT2D eigenvalue weighted by atomic mass is 32.2. The van der Waals surface area contributed by atoms with Gasteiger partial charge in [-0.25, -0.2) is 8.42 Å². The summed E-state index contributed by atoms with van der Waals surface area (Å²) < 4.78 is 27.3. The molecule has 0 radical (unpaired) electrons. The molecule has 1 saturated carbocycles. The van der Waals surface area contributed by atoms with Crippen molar-refractivity contribution in [1.29, 1.82) is 0 Å². The van der Waals surface area contributed by atoms with E-state index in [1.54, 1.807) is 4.31 Å². The summed E-state index contributed by atoms with van der Waals surface area (Å²) in [7, 11) is -1.43. The van der Waals surface area contributed by atoms with E-state index in [9.17, 15) is 8.42 Å². The third-order valence-electron chi connectivity index (χ3n) is 3.44. The van der Waals surface area contributed by atoms with Crippen LogP contribution in [0.1, 0.15) is 30.2 Å². The summed E-state index contributed by atoms with van der Waals surface area (Å²) in [5.41, 5.74) is 1.06. The third-order valence-corrected chi connectivity index (χ3v) is 7.07. The van der Waals surface area contributed by atoms with E-state index in [4.69, 9.17) is 0 Å². The second-order valence-electron chi connectivity index (χ2n) is 5.10. The largest absolute Gasteiger partial charge is 0.315 e. The lowest BCUT2D eigenvalue weighted by molar-refractivity contribution is 0.413. The first kappa shape index (κ1) is 15.0. The number of aryl methyl sites for hydroxylation is 1. The first-order chi connectivity index (χ1) is 8.98. The smallest absolute Gasteiger partial charge is 0.252 e. The average Bonchev–Trinajstić information content (AvgIpc) is 3.11. The molecule has 0 atom stereocenters. The first-order valence-electron chi connectivity index (χ1n) is 6.73. The van der Waals surface area contributed by atoms with Crippen LogP contribution in [0.4, 0.5) is 0 Å². The maximum atomic E-state index is 12.6. The minimum Gasteiger partial charge on any atom is -0.315 e. The highest BCUT2D eigenvalue weighted by Crippen LogP contribution is 2.33. The zero-order valence-corrected chi connectivity index (χ0v) is 13.4. The van der Waals surface area contributed by atoms with E-state index in [2.05, 4.69) is 5.32 Å². The highest BCUT2D eigenvalue weighted by molar-refractivity contribution is 7.91. The van der Waals surface area contributed by atoms with Crippen molar-refractivity contribution in [3.05, 3.63) is 16.5 Å². The zero-order valence-electron chi connectivity index (χ0n) is 11.8. The number of sulfonamides is 1. The molecular formula is C13H22N2O2S2. The molecule has 1 aromatic heterocycles. The zero-order chi connectivity index (χ0) is 14.0. The van der Waals surface area contributed by atoms with E-state index in [0.29, 0.717) is 23.2 Å². The Morgan fingerprint density at radius 2 is 2.16 bits per heavy atom. The molecule has 0 aromatic carbocycles. The lowest BCUT2D eigenvalue weighted by Crippen LogP contribution is -2.32. The van der Waals surface area contributed by atoms with Crippen LogP contribution in [-0.4, -0.2) is 32.9 Å². The summed E-state index contributed by atoms with van der Waals surface area (Å²) in [4.78, 5) is 1.10. The Bertz CT molecular complexity index is 533. The van der Waals surface area contributed by atoms with Gasteiger partial charge in [-0.3, -0.25) is 0 Å². The Kier molecular flexibility index (Phi) is 4.66. The third kappa shape index (κ3) is 3.37. The van der Waals surface area contributed by atoms with Gasteiger partial charge in [0.25, 0.3) is 10.0 Å². The summed E-state index contributed by atoms with van der Waals surface area (Å²) in [5.74, 6) is 0.576. The molecule has 0 spiro atoms. The van der Waals surface area contributed by atoms with Crippen molar-refractivity contribution in [2.45, 2.75) is 37.4 Å². The Hall–Kier alpha value is -0.430. The van der Waals surface area contributed by atoms with Crippen molar-refractivity contribution in [2.75, 3.05) is 20.1 Å². The van der Waals surface area contributed by atoms with Crippen LogP contribution in [0.15, 0.2) is 10.3 Å². The Morgan fingerprint density at radius 3 is 2.68 bits per heavy atom. The number of hydrogen-bond donors (Lipinski definition) is 1. The van der Waals surface area contributed by atoms with Crippen LogP contribution >= 0.6 is 11.3 Å². The molecule has 1 aliphatic carbocycles. The first-order valence-corrected chi connectivity index (χ1v) is 8.98. The van der Waals surface area contributed by atoms with Crippen LogP contribution in [0.2, 0.25) is 0 Å². The van der Waals surface area contributed by atoms with E-state index < -0.39 is 10.0 Å². The summed E-state index contributed by atoms with van der Waals surface area (Å²) in [6, 6.07) is 1.81. The molecular weight excluding hydrogens is 280 g/mol. The number of rotatable bonds is 7. The Morgan fingerprint density at radius 1 is 1.47 bits per heavy atom. The van der Waals surface area contributed by atoms with E-state index in [1.807, 2.05) is 27.0 Å². The maximum Gasteiger partial charge on any atom is 0.252 e. The van der Waals surface area contributed by atoms with Gasteiger partial charge in [0.1, 0.15) is 4.21 Å². The SMILES string of the molecule is CCN(CC1CC1)S(=O)(=O)c1cc(C)c(CNC)s1. The lowest BCUT2D eigenvalue weighted by Gasteiger charge is -2.19. The van der Waals surface area contributed by atoms with Crippen LogP contribution in [0.5, 0.6) is 0 Å². The second kappa shape index (κ2) is 5.91. The predicted molar refractivity (Wildman–Crippen MR) is 79.0 cm³/mol. The molecule has 1 heterocycles. The van der Waals surface area contributed by atoms with E-state index >= 15 is 0 Å². The van der Waals surface area contributed by atoms with Gasteiger partial charge in [-0.05, 0) is 44.4 Å². The molecule has 4 nitrogen and oxygen atoms in total. The quantitative estimate of drug-likeness (QED) is 0.840. The lowest BCUT2D eigenvalue weighted by atomic mass is 10.3. The second-order valence-corrected chi connectivity index (χ2v) is 8.40. The van der Waals surface area contributed by atoms with Gasteiger partial charge in [-0.1, -0.05) is 6.92 Å². The number of thiophene rings is 1. The van der Waals surface area contributed by atoms with Gasteiger partial charge in [-0.2, -0.15) is 4.31 Å². The van der Waals surface area contributed by atoms with Crippen molar-refractivity contribution in [3.8, 4) is 0 Å². The van der Waals surface area contributed by atoms with Crippen LogP contribution in [0.3, 0.4) is 0 Å². The van der Waals surface area contributed by atoms with Gasteiger partial charge >= 0.3 is 0 Å². The average molecular weight is 302 g/mol. The minimum atomic E-state index is -3.30. The van der Waals surface area contributed by atoms with E-state index in [1.165, 1.54) is 24.2 Å². The molecule has 0 saturated heterocycles. The van der Waals surface area contributed by atoms with E-state index in [-0.39, 0.29) is 0 Å². The summed E-state index contributed by atoms with van der Waals surface area (Å²) in [6.45, 7) is 5.84. The molecule has 1 aliphatic rings. The molecule has 1 N–H and O–H groups in total.